The molecule has 98 valence electrons. The number of nitro benzene ring substituents is 1. The van der Waals surface area contributed by atoms with E-state index in [4.69, 9.17) is 0 Å². The van der Waals surface area contributed by atoms with Crippen molar-refractivity contribution in [2.45, 2.75) is 13.3 Å². The minimum atomic E-state index is -0.421. The maximum Gasteiger partial charge on any atom is 0.307 e. The summed E-state index contributed by atoms with van der Waals surface area (Å²) in [5.74, 6) is -0.327. The average Bonchev–Trinajstić information content (AvgIpc) is 2.39. The van der Waals surface area contributed by atoms with E-state index in [1.165, 1.54) is 13.2 Å². The van der Waals surface area contributed by atoms with Crippen molar-refractivity contribution in [3.8, 4) is 0 Å². The predicted molar refractivity (Wildman–Crippen MR) is 67.6 cm³/mol. The van der Waals surface area contributed by atoms with Crippen LogP contribution < -0.4 is 4.90 Å². The van der Waals surface area contributed by atoms with E-state index in [0.717, 1.165) is 0 Å². The zero-order valence-corrected chi connectivity index (χ0v) is 10.5. The van der Waals surface area contributed by atoms with E-state index in [1.807, 2.05) is 6.92 Å². The normalized spacial score (nSPS) is 9.89. The van der Waals surface area contributed by atoms with Gasteiger partial charge < -0.3 is 9.64 Å². The summed E-state index contributed by atoms with van der Waals surface area (Å²) in [6, 6.07) is 6.49. The molecule has 0 unspecified atom stereocenters. The lowest BCUT2D eigenvalue weighted by atomic mass is 10.2. The topological polar surface area (TPSA) is 72.7 Å². The van der Waals surface area contributed by atoms with Gasteiger partial charge in [0.2, 0.25) is 0 Å². The Morgan fingerprint density at radius 2 is 2.11 bits per heavy atom. The van der Waals surface area contributed by atoms with Crippen molar-refractivity contribution in [1.82, 2.24) is 0 Å². The van der Waals surface area contributed by atoms with Crippen molar-refractivity contribution in [2.24, 2.45) is 0 Å². The van der Waals surface area contributed by atoms with Crippen molar-refractivity contribution in [1.29, 1.82) is 0 Å². The molecule has 0 heterocycles. The van der Waals surface area contributed by atoms with Gasteiger partial charge in [-0.15, -0.1) is 0 Å². The van der Waals surface area contributed by atoms with Gasteiger partial charge in [-0.3, -0.25) is 14.9 Å². The van der Waals surface area contributed by atoms with Gasteiger partial charge >= 0.3 is 5.97 Å². The molecule has 0 bridgehead atoms. The first-order valence-electron chi connectivity index (χ1n) is 5.65. The number of hydrogen-bond acceptors (Lipinski definition) is 5. The van der Waals surface area contributed by atoms with Crippen LogP contribution in [0.3, 0.4) is 0 Å². The van der Waals surface area contributed by atoms with Gasteiger partial charge in [-0.2, -0.15) is 0 Å². The summed E-state index contributed by atoms with van der Waals surface area (Å²) in [4.78, 5) is 23.4. The second-order valence-electron chi connectivity index (χ2n) is 3.65. The minimum absolute atomic E-state index is 0.0456. The number of benzene rings is 1. The molecule has 0 aliphatic carbocycles. The second-order valence-corrected chi connectivity index (χ2v) is 3.65. The molecule has 0 atom stereocenters. The molecule has 0 spiro atoms. The molecule has 0 aliphatic heterocycles. The molecule has 0 fully saturated rings. The fourth-order valence-corrected chi connectivity index (χ4v) is 1.66. The van der Waals surface area contributed by atoms with Gasteiger partial charge in [0.1, 0.15) is 5.69 Å². The summed E-state index contributed by atoms with van der Waals surface area (Å²) in [5, 5.41) is 10.9. The van der Waals surface area contributed by atoms with Crippen LogP contribution in [0.5, 0.6) is 0 Å². The summed E-state index contributed by atoms with van der Waals surface area (Å²) in [5.41, 5.74) is 0.568. The lowest BCUT2D eigenvalue weighted by molar-refractivity contribution is -0.384. The quantitative estimate of drug-likeness (QED) is 0.439. The van der Waals surface area contributed by atoms with Crippen LogP contribution in [0.15, 0.2) is 24.3 Å². The van der Waals surface area contributed by atoms with Crippen LogP contribution in [0.1, 0.15) is 13.3 Å². The van der Waals surface area contributed by atoms with E-state index >= 15 is 0 Å². The van der Waals surface area contributed by atoms with Crippen molar-refractivity contribution in [3.63, 3.8) is 0 Å². The van der Waals surface area contributed by atoms with Gasteiger partial charge in [-0.25, -0.2) is 0 Å². The Morgan fingerprint density at radius 3 is 2.67 bits per heavy atom. The predicted octanol–water partition coefficient (Wildman–Crippen LogP) is 1.98. The van der Waals surface area contributed by atoms with Crippen LogP contribution in [0.4, 0.5) is 11.4 Å². The third-order valence-corrected chi connectivity index (χ3v) is 2.61. The first-order valence-corrected chi connectivity index (χ1v) is 5.65. The number of anilines is 1. The van der Waals surface area contributed by atoms with E-state index < -0.39 is 4.92 Å². The van der Waals surface area contributed by atoms with Gasteiger partial charge in [0.05, 0.1) is 18.5 Å². The van der Waals surface area contributed by atoms with Crippen LogP contribution >= 0.6 is 0 Å². The van der Waals surface area contributed by atoms with Gasteiger partial charge in [-0.1, -0.05) is 12.1 Å². The highest BCUT2D eigenvalue weighted by Gasteiger charge is 2.18. The number of esters is 1. The third kappa shape index (κ3) is 3.44. The van der Waals surface area contributed by atoms with Gasteiger partial charge in [0.25, 0.3) is 5.69 Å². The van der Waals surface area contributed by atoms with Gasteiger partial charge in [0, 0.05) is 19.2 Å². The largest absolute Gasteiger partial charge is 0.469 e. The lowest BCUT2D eigenvalue weighted by Crippen LogP contribution is -2.26. The molecule has 1 rings (SSSR count). The van der Waals surface area contributed by atoms with Crippen LogP contribution in [-0.2, 0) is 9.53 Å². The second kappa shape index (κ2) is 6.58. The summed E-state index contributed by atoms with van der Waals surface area (Å²) < 4.78 is 4.56. The molecule has 0 radical (unpaired) electrons. The molecule has 0 saturated heterocycles. The number of hydrogen-bond donors (Lipinski definition) is 0. The lowest BCUT2D eigenvalue weighted by Gasteiger charge is -2.22. The average molecular weight is 252 g/mol. The molecule has 0 N–H and O–H groups in total. The Hall–Kier alpha value is -2.11. The minimum Gasteiger partial charge on any atom is -0.469 e. The smallest absolute Gasteiger partial charge is 0.307 e. The first kappa shape index (κ1) is 14.0. The molecular formula is C12H16N2O4. The number of rotatable bonds is 6. The first-order chi connectivity index (χ1) is 8.60. The number of methoxy groups -OCH3 is 1. The maximum atomic E-state index is 11.1. The number of ether oxygens (including phenoxy) is 1. The molecule has 1 aromatic rings. The standard InChI is InChI=1S/C12H16N2O4/c1-3-13(9-8-12(15)18-2)10-6-4-5-7-11(10)14(16)17/h4-7H,3,8-9H2,1-2H3. The fraction of sp³-hybridized carbons (Fsp3) is 0.417. The van der Waals surface area contributed by atoms with E-state index in [1.54, 1.807) is 23.1 Å². The Morgan fingerprint density at radius 1 is 1.44 bits per heavy atom. The number of carbonyl (C=O) groups is 1. The van der Waals surface area contributed by atoms with Gasteiger partial charge in [-0.05, 0) is 13.0 Å². The molecule has 6 heteroatoms. The summed E-state index contributed by atoms with van der Waals surface area (Å²) in [6.07, 6.45) is 0.205. The number of carbonyl (C=O) groups excluding carboxylic acids is 1. The Kier molecular flexibility index (Phi) is 5.10. The zero-order chi connectivity index (χ0) is 13.5. The van der Waals surface area contributed by atoms with Crippen LogP contribution in [0, 0.1) is 10.1 Å². The van der Waals surface area contributed by atoms with Gasteiger partial charge in [0.15, 0.2) is 0 Å². The van der Waals surface area contributed by atoms with Crippen LogP contribution in [0.2, 0.25) is 0 Å². The third-order valence-electron chi connectivity index (χ3n) is 2.61. The molecule has 0 aromatic heterocycles. The Balaban J connectivity index is 2.88. The summed E-state index contributed by atoms with van der Waals surface area (Å²) >= 11 is 0. The molecule has 0 saturated carbocycles. The monoisotopic (exact) mass is 252 g/mol. The molecule has 0 amide bonds. The van der Waals surface area contributed by atoms with Crippen molar-refractivity contribution in [3.05, 3.63) is 34.4 Å². The fourth-order valence-electron chi connectivity index (χ4n) is 1.66. The van der Waals surface area contributed by atoms with Crippen molar-refractivity contribution < 1.29 is 14.5 Å². The van der Waals surface area contributed by atoms with E-state index in [9.17, 15) is 14.9 Å². The molecule has 6 nitrogen and oxygen atoms in total. The highest BCUT2D eigenvalue weighted by Crippen LogP contribution is 2.27. The number of para-hydroxylation sites is 2. The van der Waals surface area contributed by atoms with Crippen molar-refractivity contribution in [2.75, 3.05) is 25.1 Å². The van der Waals surface area contributed by atoms with Crippen LogP contribution in [-0.4, -0.2) is 31.1 Å². The highest BCUT2D eigenvalue weighted by molar-refractivity contribution is 5.71. The maximum absolute atomic E-state index is 11.1. The number of nitrogens with zero attached hydrogens (tertiary/aromatic N) is 2. The summed E-state index contributed by atoms with van der Waals surface area (Å²) in [6.45, 7) is 2.86. The molecule has 1 aromatic carbocycles. The Bertz CT molecular complexity index is 434. The molecule has 18 heavy (non-hydrogen) atoms. The van der Waals surface area contributed by atoms with E-state index in [-0.39, 0.29) is 18.1 Å². The van der Waals surface area contributed by atoms with Crippen LogP contribution in [0.25, 0.3) is 0 Å². The number of nitro groups is 1. The molecule has 0 aliphatic rings. The zero-order valence-electron chi connectivity index (χ0n) is 10.5. The SMILES string of the molecule is CCN(CCC(=O)OC)c1ccccc1[N+](=O)[O-]. The Labute approximate surface area is 105 Å². The molecular weight excluding hydrogens is 236 g/mol. The van der Waals surface area contributed by atoms with E-state index in [2.05, 4.69) is 4.74 Å². The summed E-state index contributed by atoms with van der Waals surface area (Å²) in [7, 11) is 1.32. The highest BCUT2D eigenvalue weighted by atomic mass is 16.6. The van der Waals surface area contributed by atoms with Crippen molar-refractivity contribution >= 4 is 17.3 Å². The van der Waals surface area contributed by atoms with E-state index in [0.29, 0.717) is 18.8 Å².